The molecule has 0 bridgehead atoms. The van der Waals surface area contributed by atoms with Crippen molar-refractivity contribution in [3.8, 4) is 0 Å². The molecule has 0 saturated heterocycles. The quantitative estimate of drug-likeness (QED) is 0.799. The van der Waals surface area contributed by atoms with Crippen molar-refractivity contribution in [3.05, 3.63) is 35.9 Å². The average Bonchev–Trinajstić information content (AvgIpc) is 2.59. The van der Waals surface area contributed by atoms with Gasteiger partial charge in [-0.05, 0) is 18.4 Å². The van der Waals surface area contributed by atoms with Crippen molar-refractivity contribution < 1.29 is 15.0 Å². The van der Waals surface area contributed by atoms with Crippen LogP contribution >= 0.6 is 0 Å². The lowest BCUT2D eigenvalue weighted by Gasteiger charge is -2.30. The number of hydrogen-bond donors (Lipinski definition) is 2. The second kappa shape index (κ2) is 3.91. The summed E-state index contributed by atoms with van der Waals surface area (Å²) in [5.41, 5.74) is -0.118. The van der Waals surface area contributed by atoms with Gasteiger partial charge >= 0.3 is 5.97 Å². The van der Waals surface area contributed by atoms with Gasteiger partial charge in [-0.25, -0.2) is 0 Å². The summed E-state index contributed by atoms with van der Waals surface area (Å²) in [5, 5.41) is 19.3. The van der Waals surface area contributed by atoms with E-state index in [4.69, 9.17) is 0 Å². The van der Waals surface area contributed by atoms with Crippen molar-refractivity contribution in [2.24, 2.45) is 5.92 Å². The van der Waals surface area contributed by atoms with Crippen LogP contribution in [0.4, 0.5) is 0 Å². The lowest BCUT2D eigenvalue weighted by Crippen LogP contribution is -2.40. The van der Waals surface area contributed by atoms with Crippen molar-refractivity contribution in [1.29, 1.82) is 0 Å². The lowest BCUT2D eigenvalue weighted by atomic mass is 9.72. The van der Waals surface area contributed by atoms with Gasteiger partial charge in [0.2, 0.25) is 0 Å². The first kappa shape index (κ1) is 11.1. The molecule has 16 heavy (non-hydrogen) atoms. The van der Waals surface area contributed by atoms with Crippen LogP contribution in [0.1, 0.15) is 25.3 Å². The largest absolute Gasteiger partial charge is 0.481 e. The van der Waals surface area contributed by atoms with Crippen LogP contribution in [-0.4, -0.2) is 22.3 Å². The van der Waals surface area contributed by atoms with Crippen LogP contribution in [0.15, 0.2) is 30.3 Å². The summed E-state index contributed by atoms with van der Waals surface area (Å²) < 4.78 is 0. The zero-order valence-corrected chi connectivity index (χ0v) is 9.26. The zero-order valence-electron chi connectivity index (χ0n) is 9.26. The Morgan fingerprint density at radius 3 is 2.44 bits per heavy atom. The number of rotatable bonds is 2. The fourth-order valence-electron chi connectivity index (χ4n) is 2.75. The van der Waals surface area contributed by atoms with Crippen molar-refractivity contribution in [1.82, 2.24) is 0 Å². The van der Waals surface area contributed by atoms with Crippen LogP contribution < -0.4 is 0 Å². The first-order chi connectivity index (χ1) is 7.59. The molecule has 1 aliphatic rings. The van der Waals surface area contributed by atoms with E-state index in [0.717, 1.165) is 5.56 Å². The Labute approximate surface area is 94.7 Å². The predicted molar refractivity (Wildman–Crippen MR) is 60.2 cm³/mol. The number of hydrogen-bond acceptors (Lipinski definition) is 2. The molecule has 0 unspecified atom stereocenters. The highest BCUT2D eigenvalue weighted by atomic mass is 16.4. The Balaban J connectivity index is 2.50. The van der Waals surface area contributed by atoms with Gasteiger partial charge in [0, 0.05) is 5.92 Å². The fraction of sp³-hybridized carbons (Fsp3) is 0.462. The lowest BCUT2D eigenvalue weighted by molar-refractivity contribution is -0.146. The van der Waals surface area contributed by atoms with E-state index in [2.05, 4.69) is 0 Å². The molecule has 86 valence electrons. The smallest absolute Gasteiger partial charge is 0.314 e. The molecule has 1 aliphatic carbocycles. The maximum atomic E-state index is 11.6. The molecule has 1 aromatic rings. The first-order valence-corrected chi connectivity index (χ1v) is 5.56. The Hall–Kier alpha value is -1.35. The normalized spacial score (nSPS) is 33.9. The van der Waals surface area contributed by atoms with Crippen molar-refractivity contribution >= 4 is 5.97 Å². The maximum Gasteiger partial charge on any atom is 0.314 e. The molecule has 1 fully saturated rings. The van der Waals surface area contributed by atoms with Gasteiger partial charge in [0.15, 0.2) is 0 Å². The van der Waals surface area contributed by atoms with Crippen LogP contribution in [0, 0.1) is 5.92 Å². The van der Waals surface area contributed by atoms with Gasteiger partial charge in [-0.15, -0.1) is 0 Å². The van der Waals surface area contributed by atoms with Crippen molar-refractivity contribution in [2.75, 3.05) is 0 Å². The Bertz CT molecular complexity index is 387. The van der Waals surface area contributed by atoms with Gasteiger partial charge in [0.1, 0.15) is 0 Å². The second-order valence-corrected chi connectivity index (χ2v) is 4.54. The van der Waals surface area contributed by atoms with E-state index < -0.39 is 17.5 Å². The Kier molecular flexibility index (Phi) is 2.72. The first-order valence-electron chi connectivity index (χ1n) is 5.56. The molecule has 0 aliphatic heterocycles. The van der Waals surface area contributed by atoms with Crippen molar-refractivity contribution in [2.45, 2.75) is 31.3 Å². The van der Waals surface area contributed by atoms with Crippen LogP contribution in [0.5, 0.6) is 0 Å². The van der Waals surface area contributed by atoms with Crippen LogP contribution in [0.2, 0.25) is 0 Å². The Morgan fingerprint density at radius 1 is 1.38 bits per heavy atom. The number of aliphatic carboxylic acids is 1. The third kappa shape index (κ3) is 1.43. The van der Waals surface area contributed by atoms with E-state index in [1.54, 1.807) is 0 Å². The number of carboxylic acids is 1. The van der Waals surface area contributed by atoms with E-state index in [-0.39, 0.29) is 5.92 Å². The molecule has 1 aromatic carbocycles. The zero-order chi connectivity index (χ0) is 11.8. The van der Waals surface area contributed by atoms with Crippen LogP contribution in [0.25, 0.3) is 0 Å². The van der Waals surface area contributed by atoms with Gasteiger partial charge in [0.05, 0.1) is 11.5 Å². The molecule has 3 atom stereocenters. The highest BCUT2D eigenvalue weighted by Crippen LogP contribution is 2.45. The standard InChI is InChI=1S/C13H16O3/c1-9-11(14)7-8-13(9,12(15)16)10-5-3-2-4-6-10/h2-6,9,11,14H,7-8H2,1H3,(H,15,16)/t9-,11+,13+/m0/s1. The van der Waals surface area contributed by atoms with Gasteiger partial charge in [0.25, 0.3) is 0 Å². The molecular formula is C13H16O3. The highest BCUT2D eigenvalue weighted by Gasteiger charge is 2.52. The molecule has 0 aromatic heterocycles. The summed E-state index contributed by atoms with van der Waals surface area (Å²) in [4.78, 5) is 11.6. The van der Waals surface area contributed by atoms with Gasteiger partial charge in [-0.3, -0.25) is 4.79 Å². The minimum atomic E-state index is -0.916. The van der Waals surface area contributed by atoms with Crippen LogP contribution in [-0.2, 0) is 10.2 Å². The molecule has 0 amide bonds. The molecule has 0 spiro atoms. The molecule has 1 saturated carbocycles. The maximum absolute atomic E-state index is 11.6. The average molecular weight is 220 g/mol. The highest BCUT2D eigenvalue weighted by molar-refractivity contribution is 5.82. The molecule has 3 heteroatoms. The Morgan fingerprint density at radius 2 is 2.00 bits per heavy atom. The monoisotopic (exact) mass is 220 g/mol. The fourth-order valence-corrected chi connectivity index (χ4v) is 2.75. The van der Waals surface area contributed by atoms with E-state index >= 15 is 0 Å². The van der Waals surface area contributed by atoms with E-state index in [9.17, 15) is 15.0 Å². The topological polar surface area (TPSA) is 57.5 Å². The third-order valence-electron chi connectivity index (χ3n) is 3.86. The molecule has 2 N–H and O–H groups in total. The second-order valence-electron chi connectivity index (χ2n) is 4.54. The molecule has 3 nitrogen and oxygen atoms in total. The summed E-state index contributed by atoms with van der Waals surface area (Å²) >= 11 is 0. The van der Waals surface area contributed by atoms with Crippen molar-refractivity contribution in [3.63, 3.8) is 0 Å². The molecule has 0 radical (unpaired) electrons. The summed E-state index contributed by atoms with van der Waals surface area (Å²) in [6.07, 6.45) is 0.549. The number of aliphatic hydroxyl groups excluding tert-OH is 1. The summed E-state index contributed by atoms with van der Waals surface area (Å²) in [6.45, 7) is 1.82. The van der Waals surface area contributed by atoms with E-state index in [1.165, 1.54) is 0 Å². The summed E-state index contributed by atoms with van der Waals surface area (Å²) in [5.74, 6) is -1.07. The summed E-state index contributed by atoms with van der Waals surface area (Å²) in [7, 11) is 0. The van der Waals surface area contributed by atoms with Crippen LogP contribution in [0.3, 0.4) is 0 Å². The minimum absolute atomic E-state index is 0.243. The van der Waals surface area contributed by atoms with Gasteiger partial charge in [-0.1, -0.05) is 37.3 Å². The number of aliphatic hydroxyl groups is 1. The SMILES string of the molecule is C[C@H]1[C@H](O)CC[C@]1(C(=O)O)c1ccccc1. The summed E-state index contributed by atoms with van der Waals surface area (Å²) in [6, 6.07) is 9.23. The minimum Gasteiger partial charge on any atom is -0.481 e. The van der Waals surface area contributed by atoms with E-state index in [0.29, 0.717) is 12.8 Å². The molecule has 2 rings (SSSR count). The number of benzene rings is 1. The van der Waals surface area contributed by atoms with Gasteiger partial charge in [-0.2, -0.15) is 0 Å². The molecule has 0 heterocycles. The number of carboxylic acid groups (broad SMARTS) is 1. The third-order valence-corrected chi connectivity index (χ3v) is 3.86. The number of carbonyl (C=O) groups is 1. The van der Waals surface area contributed by atoms with E-state index in [1.807, 2.05) is 37.3 Å². The molecular weight excluding hydrogens is 204 g/mol. The van der Waals surface area contributed by atoms with Gasteiger partial charge < -0.3 is 10.2 Å². The predicted octanol–water partition coefficient (Wildman–Crippen LogP) is 1.80.